The molecule has 116 valence electrons. The van der Waals surface area contributed by atoms with Crippen molar-refractivity contribution in [2.45, 2.75) is 77.4 Å². The number of hydrogen-bond donors (Lipinski definition) is 0. The third kappa shape index (κ3) is 4.60. The number of ether oxygens (including phenoxy) is 1. The van der Waals surface area contributed by atoms with E-state index in [9.17, 15) is 4.79 Å². The van der Waals surface area contributed by atoms with Gasteiger partial charge in [-0.2, -0.15) is 0 Å². The second-order valence-electron chi connectivity index (χ2n) is 5.40. The van der Waals surface area contributed by atoms with E-state index >= 15 is 0 Å². The molecule has 1 rings (SSSR count). The zero-order valence-corrected chi connectivity index (χ0v) is 13.2. The molecule has 1 aliphatic heterocycles. The lowest BCUT2D eigenvalue weighted by Crippen LogP contribution is -2.38. The second-order valence-corrected chi connectivity index (χ2v) is 5.40. The molecule has 2 atom stereocenters. The van der Waals surface area contributed by atoms with Crippen LogP contribution in [-0.4, -0.2) is 24.8 Å². The summed E-state index contributed by atoms with van der Waals surface area (Å²) in [5.41, 5.74) is 0.813. The summed E-state index contributed by atoms with van der Waals surface area (Å²) < 4.78 is 4.70. The Kier molecular flexibility index (Phi) is 7.24. The molecule has 0 unspecified atom stereocenters. The van der Waals surface area contributed by atoms with Crippen LogP contribution in [0.5, 0.6) is 0 Å². The Balaban J connectivity index is 2.76. The number of esters is 1. The minimum Gasteiger partial charge on any atom is -0.469 e. The maximum absolute atomic E-state index is 11.4. The molecule has 0 aromatic heterocycles. The van der Waals surface area contributed by atoms with E-state index in [4.69, 9.17) is 14.5 Å². The molecule has 0 spiro atoms. The first-order chi connectivity index (χ1) is 9.60. The van der Waals surface area contributed by atoms with Gasteiger partial charge in [-0.3, -0.25) is 4.79 Å². The van der Waals surface area contributed by atoms with Crippen LogP contribution >= 0.6 is 0 Å². The predicted molar refractivity (Wildman–Crippen MR) is 78.1 cm³/mol. The van der Waals surface area contributed by atoms with E-state index in [1.165, 1.54) is 20.0 Å². The van der Waals surface area contributed by atoms with Crippen molar-refractivity contribution in [2.75, 3.05) is 7.11 Å². The van der Waals surface area contributed by atoms with Gasteiger partial charge in [0.2, 0.25) is 0 Å². The molecular formula is C16H28O4. The number of carbonyl (C=O) groups is 1. The highest BCUT2D eigenvalue weighted by molar-refractivity contribution is 5.70. The topological polar surface area (TPSA) is 44.8 Å². The van der Waals surface area contributed by atoms with E-state index in [2.05, 4.69) is 26.8 Å². The number of hydrogen-bond acceptors (Lipinski definition) is 4. The Hall–Kier alpha value is -0.870. The average molecular weight is 284 g/mol. The molecule has 4 heteroatoms. The lowest BCUT2D eigenvalue weighted by molar-refractivity contribution is -0.377. The molecule has 0 aliphatic carbocycles. The zero-order valence-electron chi connectivity index (χ0n) is 13.2. The van der Waals surface area contributed by atoms with Crippen LogP contribution in [-0.2, 0) is 19.3 Å². The van der Waals surface area contributed by atoms with Gasteiger partial charge in [0.05, 0.1) is 13.5 Å². The third-order valence-corrected chi connectivity index (χ3v) is 3.98. The lowest BCUT2D eigenvalue weighted by atomic mass is 9.87. The van der Waals surface area contributed by atoms with E-state index in [0.29, 0.717) is 0 Å². The van der Waals surface area contributed by atoms with Gasteiger partial charge >= 0.3 is 5.97 Å². The largest absolute Gasteiger partial charge is 0.469 e. The maximum atomic E-state index is 11.4. The van der Waals surface area contributed by atoms with Crippen LogP contribution < -0.4 is 0 Å². The van der Waals surface area contributed by atoms with Gasteiger partial charge < -0.3 is 4.74 Å². The van der Waals surface area contributed by atoms with Gasteiger partial charge in [-0.25, -0.2) is 9.78 Å². The van der Waals surface area contributed by atoms with Crippen molar-refractivity contribution >= 4 is 5.97 Å². The van der Waals surface area contributed by atoms with Gasteiger partial charge in [0, 0.05) is 0 Å². The van der Waals surface area contributed by atoms with Crippen LogP contribution in [0.3, 0.4) is 0 Å². The first-order valence-electron chi connectivity index (χ1n) is 7.73. The highest BCUT2D eigenvalue weighted by Crippen LogP contribution is 2.35. The fraction of sp³-hybridized carbons (Fsp3) is 0.812. The smallest absolute Gasteiger partial charge is 0.308 e. The Morgan fingerprint density at radius 1 is 1.35 bits per heavy atom. The number of methoxy groups -OCH3 is 1. The molecule has 0 aromatic carbocycles. The summed E-state index contributed by atoms with van der Waals surface area (Å²) in [7, 11) is 1.39. The van der Waals surface area contributed by atoms with Gasteiger partial charge in [-0.1, -0.05) is 40.0 Å². The standard InChI is InChI=1S/C16H28O4/c1-5-8-9-10-16(7-3)12-13(6-2)14(19-20-16)11-15(17)18-4/h12,14H,5-11H2,1-4H3/t14-,16+/m1/s1. The van der Waals surface area contributed by atoms with Crippen molar-refractivity contribution in [3.8, 4) is 0 Å². The highest BCUT2D eigenvalue weighted by atomic mass is 17.2. The fourth-order valence-electron chi connectivity index (χ4n) is 2.53. The minimum absolute atomic E-state index is 0.213. The van der Waals surface area contributed by atoms with Crippen LogP contribution in [0.15, 0.2) is 11.6 Å². The molecule has 0 fully saturated rings. The summed E-state index contributed by atoms with van der Waals surface area (Å²) in [5.74, 6) is -0.270. The second kappa shape index (κ2) is 8.42. The van der Waals surface area contributed by atoms with Crippen molar-refractivity contribution in [1.82, 2.24) is 0 Å². The molecule has 0 N–H and O–H groups in total. The number of unbranched alkanes of at least 4 members (excludes halogenated alkanes) is 2. The molecule has 0 radical (unpaired) electrons. The molecule has 0 amide bonds. The first-order valence-corrected chi connectivity index (χ1v) is 7.73. The molecule has 0 saturated carbocycles. The minimum atomic E-state index is -0.326. The van der Waals surface area contributed by atoms with Crippen molar-refractivity contribution in [3.05, 3.63) is 11.6 Å². The summed E-state index contributed by atoms with van der Waals surface area (Å²) in [6.07, 6.45) is 8.31. The van der Waals surface area contributed by atoms with Gasteiger partial charge in [0.15, 0.2) is 0 Å². The van der Waals surface area contributed by atoms with Crippen LogP contribution in [0, 0.1) is 0 Å². The molecule has 1 aliphatic rings. The number of rotatable bonds is 8. The van der Waals surface area contributed by atoms with Gasteiger partial charge in [0.25, 0.3) is 0 Å². The average Bonchev–Trinajstić information content (AvgIpc) is 2.48. The van der Waals surface area contributed by atoms with Crippen molar-refractivity contribution in [1.29, 1.82) is 0 Å². The highest BCUT2D eigenvalue weighted by Gasteiger charge is 2.36. The molecule has 0 bridgehead atoms. The quantitative estimate of drug-likeness (QED) is 0.293. The maximum Gasteiger partial charge on any atom is 0.308 e. The molecule has 1 heterocycles. The normalized spacial score (nSPS) is 26.2. The van der Waals surface area contributed by atoms with Gasteiger partial charge in [-0.15, -0.1) is 0 Å². The number of carbonyl (C=O) groups excluding carboxylic acids is 1. The van der Waals surface area contributed by atoms with E-state index in [0.717, 1.165) is 31.3 Å². The first kappa shape index (κ1) is 17.2. The molecular weight excluding hydrogens is 256 g/mol. The van der Waals surface area contributed by atoms with E-state index in [-0.39, 0.29) is 24.1 Å². The van der Waals surface area contributed by atoms with E-state index < -0.39 is 0 Å². The SMILES string of the molecule is CCCCC[C@@]1(CC)C=C(CC)[C@@H](CC(=O)OC)OO1. The third-order valence-electron chi connectivity index (χ3n) is 3.98. The Bertz CT molecular complexity index is 337. The Morgan fingerprint density at radius 3 is 2.65 bits per heavy atom. The fourth-order valence-corrected chi connectivity index (χ4v) is 2.53. The summed E-state index contributed by atoms with van der Waals surface area (Å²) in [5, 5.41) is 0. The van der Waals surface area contributed by atoms with Crippen molar-refractivity contribution in [2.24, 2.45) is 0 Å². The van der Waals surface area contributed by atoms with Gasteiger partial charge in [0.1, 0.15) is 11.7 Å². The Labute approximate surface area is 122 Å². The molecule has 0 aromatic rings. The van der Waals surface area contributed by atoms with Crippen LogP contribution in [0.1, 0.15) is 65.7 Å². The molecule has 4 nitrogen and oxygen atoms in total. The summed E-state index contributed by atoms with van der Waals surface area (Å²) >= 11 is 0. The summed E-state index contributed by atoms with van der Waals surface area (Å²) in [6.45, 7) is 6.38. The van der Waals surface area contributed by atoms with Crippen LogP contribution in [0.4, 0.5) is 0 Å². The zero-order chi connectivity index (χ0) is 15.0. The van der Waals surface area contributed by atoms with Crippen LogP contribution in [0.2, 0.25) is 0 Å². The van der Waals surface area contributed by atoms with Gasteiger partial charge in [-0.05, 0) is 30.9 Å². The molecule has 0 saturated heterocycles. The van der Waals surface area contributed by atoms with Crippen molar-refractivity contribution < 1.29 is 19.3 Å². The van der Waals surface area contributed by atoms with E-state index in [1.807, 2.05) is 0 Å². The molecule has 20 heavy (non-hydrogen) atoms. The van der Waals surface area contributed by atoms with Crippen LogP contribution in [0.25, 0.3) is 0 Å². The van der Waals surface area contributed by atoms with Crippen molar-refractivity contribution in [3.63, 3.8) is 0 Å². The predicted octanol–water partition coefficient (Wildman–Crippen LogP) is 3.95. The summed E-state index contributed by atoms with van der Waals surface area (Å²) in [6, 6.07) is 0. The Morgan fingerprint density at radius 2 is 2.10 bits per heavy atom. The van der Waals surface area contributed by atoms with E-state index in [1.54, 1.807) is 0 Å². The monoisotopic (exact) mass is 284 g/mol. The summed E-state index contributed by atoms with van der Waals surface area (Å²) in [4.78, 5) is 22.6. The lowest BCUT2D eigenvalue weighted by Gasteiger charge is -2.36.